The van der Waals surface area contributed by atoms with Gasteiger partial charge in [0.15, 0.2) is 0 Å². The zero-order valence-electron chi connectivity index (χ0n) is 8.22. The Bertz CT molecular complexity index is 177. The van der Waals surface area contributed by atoms with E-state index in [9.17, 15) is 0 Å². The van der Waals surface area contributed by atoms with Gasteiger partial charge in [-0.3, -0.25) is 12.2 Å². The molecule has 0 nitrogen and oxygen atoms in total. The van der Waals surface area contributed by atoms with E-state index in [1.807, 2.05) is 24.3 Å². The Morgan fingerprint density at radius 2 is 1.43 bits per heavy atom. The van der Waals surface area contributed by atoms with Crippen molar-refractivity contribution in [2.75, 3.05) is 0 Å². The standard InChI is InChI=1S/2C5H5.C3H5.Ru/c2*1-2-4-5-3-1;1-3-2;/h2*1-3H,4H2;3H,1-2H2;/q3*-1;+3. The molecule has 0 fully saturated rings. The van der Waals surface area contributed by atoms with Gasteiger partial charge in [0.05, 0.1) is 0 Å². The minimum Gasteiger partial charge on any atom is -0.273 e. The second-order valence-electron chi connectivity index (χ2n) is 2.29. The van der Waals surface area contributed by atoms with Crippen LogP contribution in [-0.2, 0) is 19.5 Å². The number of hydrogen-bond donors (Lipinski definition) is 0. The van der Waals surface area contributed by atoms with E-state index in [2.05, 4.69) is 37.8 Å². The smallest absolute Gasteiger partial charge is 0.273 e. The molecule has 2 aliphatic rings. The van der Waals surface area contributed by atoms with E-state index in [0.717, 1.165) is 12.8 Å². The molecule has 0 aliphatic heterocycles. The normalized spacial score (nSPS) is 13.4. The maximum atomic E-state index is 3.25. The van der Waals surface area contributed by atoms with Crippen molar-refractivity contribution in [1.29, 1.82) is 0 Å². The van der Waals surface area contributed by atoms with Crippen LogP contribution in [0.25, 0.3) is 0 Å². The molecule has 1 radical (unpaired) electrons. The maximum absolute atomic E-state index is 3.25. The van der Waals surface area contributed by atoms with Crippen LogP contribution in [0.3, 0.4) is 0 Å². The van der Waals surface area contributed by atoms with Gasteiger partial charge in [-0.25, -0.2) is 43.9 Å². The molecule has 0 heterocycles. The summed E-state index contributed by atoms with van der Waals surface area (Å²) in [6, 6.07) is 0. The minimum absolute atomic E-state index is 0. The topological polar surface area (TPSA) is 0 Å². The number of allylic oxidation sites excluding steroid dienone is 9. The molecule has 0 saturated carbocycles. The molecule has 0 amide bonds. The van der Waals surface area contributed by atoms with Crippen LogP contribution < -0.4 is 0 Å². The van der Waals surface area contributed by atoms with E-state index in [1.54, 1.807) is 0 Å². The molecule has 0 spiro atoms. The van der Waals surface area contributed by atoms with E-state index in [-0.39, 0.29) is 19.5 Å². The van der Waals surface area contributed by atoms with Gasteiger partial charge in [-0.15, -0.1) is 12.8 Å². The Labute approximate surface area is 101 Å². The Morgan fingerprint density at radius 3 is 1.50 bits per heavy atom. The molecule has 14 heavy (non-hydrogen) atoms. The third kappa shape index (κ3) is 13.8. The van der Waals surface area contributed by atoms with Gasteiger partial charge in [0.2, 0.25) is 0 Å². The average molecular weight is 272 g/mol. The van der Waals surface area contributed by atoms with Crippen molar-refractivity contribution in [3.05, 3.63) is 68.2 Å². The molecular weight excluding hydrogens is 257 g/mol. The molecule has 0 N–H and O–H groups in total. The summed E-state index contributed by atoms with van der Waals surface area (Å²) >= 11 is 0. The van der Waals surface area contributed by atoms with Gasteiger partial charge in [-0.2, -0.15) is 12.2 Å². The molecule has 2 rings (SSSR count). The summed E-state index contributed by atoms with van der Waals surface area (Å²) in [5, 5.41) is 0. The molecule has 1 heteroatoms. The van der Waals surface area contributed by atoms with Crippen LogP contribution in [0.15, 0.2) is 49.1 Å². The summed E-state index contributed by atoms with van der Waals surface area (Å²) in [5.41, 5.74) is 0. The van der Waals surface area contributed by atoms with Gasteiger partial charge in [-0.05, 0) is 0 Å². The van der Waals surface area contributed by atoms with Crippen molar-refractivity contribution >= 4 is 0 Å². The number of rotatable bonds is 0. The molecule has 0 aromatic heterocycles. The van der Waals surface area contributed by atoms with Crippen molar-refractivity contribution in [3.63, 3.8) is 0 Å². The molecule has 0 atom stereocenters. The van der Waals surface area contributed by atoms with Crippen molar-refractivity contribution in [1.82, 2.24) is 0 Å². The van der Waals surface area contributed by atoms with Crippen molar-refractivity contribution in [3.8, 4) is 0 Å². The van der Waals surface area contributed by atoms with Crippen molar-refractivity contribution < 1.29 is 19.5 Å². The monoisotopic (exact) mass is 273 g/mol. The first-order valence-electron chi connectivity index (χ1n) is 4.25. The van der Waals surface area contributed by atoms with Gasteiger partial charge in [0.25, 0.3) is 0 Å². The zero-order valence-corrected chi connectivity index (χ0v) is 9.96. The summed E-state index contributed by atoms with van der Waals surface area (Å²) in [6.07, 6.45) is 21.5. The maximum Gasteiger partial charge on any atom is 3.00 e. The molecule has 75 valence electrons. The van der Waals surface area contributed by atoms with Crippen molar-refractivity contribution in [2.45, 2.75) is 12.8 Å². The Morgan fingerprint density at radius 1 is 1.07 bits per heavy atom. The van der Waals surface area contributed by atoms with E-state index in [1.165, 1.54) is 6.08 Å². The first kappa shape index (κ1) is 15.7. The van der Waals surface area contributed by atoms with E-state index in [0.29, 0.717) is 0 Å². The van der Waals surface area contributed by atoms with Gasteiger partial charge in [-0.1, -0.05) is 0 Å². The predicted octanol–water partition coefficient (Wildman–Crippen LogP) is 3.62. The quantitative estimate of drug-likeness (QED) is 0.467. The Hall–Kier alpha value is -0.807. The molecule has 0 aromatic rings. The van der Waals surface area contributed by atoms with Gasteiger partial charge < -0.3 is 0 Å². The minimum atomic E-state index is 0. The third-order valence-corrected chi connectivity index (χ3v) is 1.17. The third-order valence-electron chi connectivity index (χ3n) is 1.17. The molecule has 0 bridgehead atoms. The fourth-order valence-corrected chi connectivity index (χ4v) is 0.680. The first-order chi connectivity index (χ1) is 6.41. The van der Waals surface area contributed by atoms with Crippen LogP contribution in [0.5, 0.6) is 0 Å². The van der Waals surface area contributed by atoms with Crippen molar-refractivity contribution in [2.24, 2.45) is 0 Å². The van der Waals surface area contributed by atoms with Crippen LogP contribution in [-0.4, -0.2) is 0 Å². The second kappa shape index (κ2) is 14.7. The summed E-state index contributed by atoms with van der Waals surface area (Å²) in [4.78, 5) is 0. The summed E-state index contributed by atoms with van der Waals surface area (Å²) in [7, 11) is 0. The van der Waals surface area contributed by atoms with Crippen LogP contribution >= 0.6 is 0 Å². The van der Waals surface area contributed by atoms with E-state index >= 15 is 0 Å². The SMILES string of the molecule is C=C[CH2-].[C-]1=CC=CC1.[C-]1=CC=CC1.[Ru+3]. The Balaban J connectivity index is 0. The largest absolute Gasteiger partial charge is 3.00 e. The van der Waals surface area contributed by atoms with Crippen LogP contribution in [0.1, 0.15) is 12.8 Å². The molecule has 2 aliphatic carbocycles. The van der Waals surface area contributed by atoms with Crippen LogP contribution in [0, 0.1) is 19.1 Å². The average Bonchev–Trinajstić information content (AvgIpc) is 2.85. The number of hydrogen-bond acceptors (Lipinski definition) is 0. The first-order valence-corrected chi connectivity index (χ1v) is 4.25. The second-order valence-corrected chi connectivity index (χ2v) is 2.29. The molecule has 0 aromatic carbocycles. The van der Waals surface area contributed by atoms with Gasteiger partial charge in [0.1, 0.15) is 0 Å². The summed E-state index contributed by atoms with van der Waals surface area (Å²) < 4.78 is 0. The fourth-order valence-electron chi connectivity index (χ4n) is 0.680. The van der Waals surface area contributed by atoms with E-state index in [4.69, 9.17) is 0 Å². The summed E-state index contributed by atoms with van der Waals surface area (Å²) in [6.45, 7) is 6.50. The molecule has 0 saturated heterocycles. The fraction of sp³-hybridized carbons (Fsp3) is 0.154. The molecular formula is C13H15Ru. The summed E-state index contributed by atoms with van der Waals surface area (Å²) in [5.74, 6) is 0. The molecule has 0 unspecified atom stereocenters. The predicted molar refractivity (Wildman–Crippen MR) is 58.7 cm³/mol. The van der Waals surface area contributed by atoms with Crippen LogP contribution in [0.2, 0.25) is 0 Å². The van der Waals surface area contributed by atoms with E-state index < -0.39 is 0 Å². The van der Waals surface area contributed by atoms with Gasteiger partial charge >= 0.3 is 19.5 Å². The van der Waals surface area contributed by atoms with Gasteiger partial charge in [0, 0.05) is 0 Å². The Kier molecular flexibility index (Phi) is 16.4. The van der Waals surface area contributed by atoms with Crippen LogP contribution in [0.4, 0.5) is 0 Å². The zero-order chi connectivity index (χ0) is 9.78.